The van der Waals surface area contributed by atoms with Crippen LogP contribution < -0.4 is 11.1 Å². The van der Waals surface area contributed by atoms with E-state index in [2.05, 4.69) is 20.7 Å². The van der Waals surface area contributed by atoms with E-state index in [-0.39, 0.29) is 16.9 Å². The summed E-state index contributed by atoms with van der Waals surface area (Å²) >= 11 is 0. The minimum absolute atomic E-state index is 0.00104. The summed E-state index contributed by atoms with van der Waals surface area (Å²) in [7, 11) is 0. The number of nitrogens with one attached hydrogen (secondary N) is 2. The Bertz CT molecular complexity index is 596. The van der Waals surface area contributed by atoms with Crippen LogP contribution in [-0.4, -0.2) is 27.2 Å². The lowest BCUT2D eigenvalue weighted by atomic mass is 10.2. The minimum atomic E-state index is -0.716. The number of amides is 2. The van der Waals surface area contributed by atoms with Crippen LogP contribution in [0.4, 0.5) is 10.1 Å². The number of hydrogen-bond acceptors (Lipinski definition) is 4. The number of carbonyl (C=O) groups is 2. The lowest BCUT2D eigenvalue weighted by Gasteiger charge is -2.05. The molecule has 0 unspecified atom stereocenters. The highest BCUT2D eigenvalue weighted by Gasteiger charge is 2.13. The van der Waals surface area contributed by atoms with E-state index in [4.69, 9.17) is 5.73 Å². The monoisotopic (exact) mass is 249 g/mol. The van der Waals surface area contributed by atoms with Crippen molar-refractivity contribution in [3.8, 4) is 0 Å². The molecule has 0 saturated carbocycles. The van der Waals surface area contributed by atoms with Crippen molar-refractivity contribution in [3.63, 3.8) is 0 Å². The molecule has 4 N–H and O–H groups in total. The largest absolute Gasteiger partial charge is 0.366 e. The SMILES string of the molecule is NC(=O)c1ccc(F)c(NC(=O)c2cn[nH]n2)c1. The summed E-state index contributed by atoms with van der Waals surface area (Å²) in [5.74, 6) is -2.05. The molecule has 0 spiro atoms. The Morgan fingerprint density at radius 3 is 2.78 bits per heavy atom. The normalized spacial score (nSPS) is 10.1. The van der Waals surface area contributed by atoms with E-state index >= 15 is 0 Å². The fourth-order valence-corrected chi connectivity index (χ4v) is 1.27. The number of nitrogens with zero attached hydrogens (tertiary/aromatic N) is 2. The van der Waals surface area contributed by atoms with E-state index in [1.807, 2.05) is 0 Å². The summed E-state index contributed by atoms with van der Waals surface area (Å²) in [6, 6.07) is 3.41. The standard InChI is InChI=1S/C10H8FN5O2/c11-6-2-1-5(9(12)17)3-7(6)14-10(18)8-4-13-16-15-8/h1-4H,(H2,12,17)(H,14,18)(H,13,15,16). The summed E-state index contributed by atoms with van der Waals surface area (Å²) in [5, 5.41) is 11.5. The molecule has 1 aromatic carbocycles. The molecule has 0 aliphatic carbocycles. The maximum atomic E-state index is 13.4. The first-order valence-electron chi connectivity index (χ1n) is 4.84. The first kappa shape index (κ1) is 11.7. The first-order valence-corrected chi connectivity index (χ1v) is 4.84. The lowest BCUT2D eigenvalue weighted by Crippen LogP contribution is -2.16. The Hall–Kier alpha value is -2.77. The van der Waals surface area contributed by atoms with E-state index in [1.54, 1.807) is 0 Å². The number of primary amides is 1. The number of halogens is 1. The van der Waals surface area contributed by atoms with Gasteiger partial charge in [-0.2, -0.15) is 15.4 Å². The van der Waals surface area contributed by atoms with Crippen molar-refractivity contribution in [2.24, 2.45) is 5.73 Å². The maximum Gasteiger partial charge on any atom is 0.277 e. The average molecular weight is 249 g/mol. The second-order valence-electron chi connectivity index (χ2n) is 3.37. The molecule has 0 bridgehead atoms. The van der Waals surface area contributed by atoms with Gasteiger partial charge in [-0.15, -0.1) is 0 Å². The second-order valence-corrected chi connectivity index (χ2v) is 3.37. The molecule has 2 amide bonds. The molecule has 1 aromatic heterocycles. The van der Waals surface area contributed by atoms with E-state index in [0.717, 1.165) is 12.1 Å². The molecule has 0 atom stereocenters. The van der Waals surface area contributed by atoms with Gasteiger partial charge in [-0.05, 0) is 18.2 Å². The number of hydrogen-bond donors (Lipinski definition) is 3. The van der Waals surface area contributed by atoms with Gasteiger partial charge in [-0.25, -0.2) is 4.39 Å². The highest BCUT2D eigenvalue weighted by atomic mass is 19.1. The van der Waals surface area contributed by atoms with Crippen LogP contribution in [-0.2, 0) is 0 Å². The van der Waals surface area contributed by atoms with Crippen molar-refractivity contribution < 1.29 is 14.0 Å². The van der Waals surface area contributed by atoms with Gasteiger partial charge in [0.2, 0.25) is 5.91 Å². The molecule has 0 radical (unpaired) electrons. The number of aromatic nitrogens is 3. The maximum absolute atomic E-state index is 13.4. The van der Waals surface area contributed by atoms with Gasteiger partial charge in [0.25, 0.3) is 5.91 Å². The van der Waals surface area contributed by atoms with Crippen LogP contribution in [0, 0.1) is 5.82 Å². The zero-order valence-electron chi connectivity index (χ0n) is 8.98. The average Bonchev–Trinajstić information content (AvgIpc) is 2.85. The van der Waals surface area contributed by atoms with Crippen LogP contribution in [0.2, 0.25) is 0 Å². The predicted octanol–water partition coefficient (Wildman–Crippen LogP) is 0.295. The Morgan fingerprint density at radius 1 is 1.39 bits per heavy atom. The van der Waals surface area contributed by atoms with Gasteiger partial charge in [0.05, 0.1) is 11.9 Å². The zero-order valence-corrected chi connectivity index (χ0v) is 8.98. The van der Waals surface area contributed by atoms with Crippen LogP contribution in [0.5, 0.6) is 0 Å². The number of carbonyl (C=O) groups excluding carboxylic acids is 2. The molecule has 92 valence electrons. The van der Waals surface area contributed by atoms with Gasteiger partial charge in [-0.1, -0.05) is 0 Å². The van der Waals surface area contributed by atoms with E-state index in [0.29, 0.717) is 0 Å². The summed E-state index contributed by atoms with van der Waals surface area (Å²) in [6.07, 6.45) is 1.19. The Kier molecular flexibility index (Phi) is 3.00. The molecular formula is C10H8FN5O2. The van der Waals surface area contributed by atoms with Gasteiger partial charge in [-0.3, -0.25) is 9.59 Å². The fourth-order valence-electron chi connectivity index (χ4n) is 1.27. The number of anilines is 1. The summed E-state index contributed by atoms with van der Waals surface area (Å²) < 4.78 is 13.4. The lowest BCUT2D eigenvalue weighted by molar-refractivity contribution is 0.0995. The minimum Gasteiger partial charge on any atom is -0.366 e. The molecule has 0 saturated heterocycles. The highest BCUT2D eigenvalue weighted by molar-refractivity contribution is 6.03. The van der Waals surface area contributed by atoms with Gasteiger partial charge in [0, 0.05) is 5.56 Å². The quantitative estimate of drug-likeness (QED) is 0.725. The number of rotatable bonds is 3. The van der Waals surface area contributed by atoms with E-state index in [9.17, 15) is 14.0 Å². The van der Waals surface area contributed by atoms with Crippen LogP contribution in [0.3, 0.4) is 0 Å². The van der Waals surface area contributed by atoms with Gasteiger partial charge in [0.1, 0.15) is 5.82 Å². The molecule has 8 heteroatoms. The molecule has 0 fully saturated rings. The van der Waals surface area contributed by atoms with Gasteiger partial charge >= 0.3 is 0 Å². The smallest absolute Gasteiger partial charge is 0.277 e. The Balaban J connectivity index is 2.26. The van der Waals surface area contributed by atoms with E-state index in [1.165, 1.54) is 12.3 Å². The predicted molar refractivity (Wildman–Crippen MR) is 59.3 cm³/mol. The fraction of sp³-hybridized carbons (Fsp3) is 0. The van der Waals surface area contributed by atoms with Crippen molar-refractivity contribution >= 4 is 17.5 Å². The number of aromatic amines is 1. The van der Waals surface area contributed by atoms with Crippen molar-refractivity contribution in [2.75, 3.05) is 5.32 Å². The number of H-pyrrole nitrogens is 1. The van der Waals surface area contributed by atoms with Crippen LogP contribution in [0.15, 0.2) is 24.4 Å². The van der Waals surface area contributed by atoms with E-state index < -0.39 is 17.6 Å². The third kappa shape index (κ3) is 2.32. The number of benzene rings is 1. The first-order chi connectivity index (χ1) is 8.58. The molecule has 0 aliphatic rings. The molecule has 18 heavy (non-hydrogen) atoms. The van der Waals surface area contributed by atoms with Gasteiger partial charge in [0.15, 0.2) is 5.69 Å². The van der Waals surface area contributed by atoms with Crippen LogP contribution >= 0.6 is 0 Å². The molecule has 2 aromatic rings. The van der Waals surface area contributed by atoms with Crippen LogP contribution in [0.1, 0.15) is 20.8 Å². The third-order valence-corrected chi connectivity index (χ3v) is 2.15. The Labute approximate surface area is 100 Å². The summed E-state index contributed by atoms with van der Waals surface area (Å²) in [5.41, 5.74) is 4.99. The molecule has 1 heterocycles. The Morgan fingerprint density at radius 2 is 2.17 bits per heavy atom. The molecule has 7 nitrogen and oxygen atoms in total. The molecular weight excluding hydrogens is 241 g/mol. The molecule has 0 aliphatic heterocycles. The van der Waals surface area contributed by atoms with Crippen molar-refractivity contribution in [1.82, 2.24) is 15.4 Å². The van der Waals surface area contributed by atoms with Crippen LogP contribution in [0.25, 0.3) is 0 Å². The summed E-state index contributed by atoms with van der Waals surface area (Å²) in [6.45, 7) is 0. The molecule has 2 rings (SSSR count). The third-order valence-electron chi connectivity index (χ3n) is 2.15. The second kappa shape index (κ2) is 4.62. The van der Waals surface area contributed by atoms with Crippen molar-refractivity contribution in [2.45, 2.75) is 0 Å². The topological polar surface area (TPSA) is 114 Å². The zero-order chi connectivity index (χ0) is 13.1. The highest BCUT2D eigenvalue weighted by Crippen LogP contribution is 2.16. The van der Waals surface area contributed by atoms with Crippen molar-refractivity contribution in [3.05, 3.63) is 41.5 Å². The van der Waals surface area contributed by atoms with Gasteiger partial charge < -0.3 is 11.1 Å². The summed E-state index contributed by atoms with van der Waals surface area (Å²) in [4.78, 5) is 22.5. The van der Waals surface area contributed by atoms with Crippen molar-refractivity contribution in [1.29, 1.82) is 0 Å². The number of nitrogens with two attached hydrogens (primary N) is 1.